The number of carbonyl (C=O) groups is 2. The van der Waals surface area contributed by atoms with E-state index in [-0.39, 0.29) is 11.9 Å². The van der Waals surface area contributed by atoms with Crippen LogP contribution in [0.15, 0.2) is 38.3 Å². The van der Waals surface area contributed by atoms with Gasteiger partial charge in [0, 0.05) is 21.7 Å². The van der Waals surface area contributed by atoms with E-state index in [4.69, 9.17) is 9.47 Å². The van der Waals surface area contributed by atoms with E-state index < -0.39 is 9.62 Å². The third-order valence-corrected chi connectivity index (χ3v) is 9.85. The highest BCUT2D eigenvalue weighted by atomic mass is 32.2. The average molecular weight is 490 g/mol. The number of benzene rings is 1. The standard InChI is InChI=1S/C24H27NO4S3/c1-7-28-21(26)17-11-24(30-12-18(32-24)22(27)29-8-2)19-15-9-13(3)14(4)10-16(15)25-23(5,6)20(19)31-17/h9-12,25H,7-8H2,1-6H3/t24-/m1/s1. The van der Waals surface area contributed by atoms with Crippen LogP contribution in [0.4, 0.5) is 5.69 Å². The monoisotopic (exact) mass is 489 g/mol. The van der Waals surface area contributed by atoms with Crippen molar-refractivity contribution in [3.8, 4) is 0 Å². The summed E-state index contributed by atoms with van der Waals surface area (Å²) >= 11 is 4.45. The molecule has 0 radical (unpaired) electrons. The Balaban J connectivity index is 1.90. The number of fused-ring (bicyclic) bond motifs is 3. The molecule has 5 nitrogen and oxygen atoms in total. The zero-order valence-electron chi connectivity index (χ0n) is 19.1. The van der Waals surface area contributed by atoms with E-state index in [1.807, 2.05) is 11.5 Å². The zero-order chi connectivity index (χ0) is 23.3. The third kappa shape index (κ3) is 3.90. The predicted molar refractivity (Wildman–Crippen MR) is 135 cm³/mol. The largest absolute Gasteiger partial charge is 0.462 e. The Morgan fingerprint density at radius 3 is 2.28 bits per heavy atom. The van der Waals surface area contributed by atoms with Crippen LogP contribution in [-0.4, -0.2) is 34.8 Å². The number of esters is 2. The molecule has 0 saturated carbocycles. The molecule has 3 heterocycles. The second kappa shape index (κ2) is 8.54. The Morgan fingerprint density at radius 2 is 1.62 bits per heavy atom. The maximum absolute atomic E-state index is 12.8. The molecule has 1 atom stereocenters. The van der Waals surface area contributed by atoms with Crippen molar-refractivity contribution in [3.63, 3.8) is 0 Å². The summed E-state index contributed by atoms with van der Waals surface area (Å²) in [5, 5.41) is 5.53. The van der Waals surface area contributed by atoms with Gasteiger partial charge in [-0.2, -0.15) is 0 Å². The van der Waals surface area contributed by atoms with Gasteiger partial charge in [0.1, 0.15) is 8.98 Å². The van der Waals surface area contributed by atoms with Crippen LogP contribution in [0.3, 0.4) is 0 Å². The fraction of sp³-hybridized carbons (Fsp3) is 0.417. The Bertz CT molecular complexity index is 1100. The van der Waals surface area contributed by atoms with Crippen LogP contribution in [-0.2, 0) is 19.1 Å². The maximum atomic E-state index is 12.8. The zero-order valence-corrected chi connectivity index (χ0v) is 21.5. The molecule has 0 amide bonds. The molecule has 0 fully saturated rings. The number of hydrogen-bond donors (Lipinski definition) is 1. The van der Waals surface area contributed by atoms with Crippen molar-refractivity contribution in [2.75, 3.05) is 18.5 Å². The van der Waals surface area contributed by atoms with E-state index in [0.717, 1.165) is 21.7 Å². The number of hydrogen-bond acceptors (Lipinski definition) is 8. The average Bonchev–Trinajstić information content (AvgIpc) is 3.14. The number of nitrogens with one attached hydrogen (secondary N) is 1. The van der Waals surface area contributed by atoms with Gasteiger partial charge < -0.3 is 14.8 Å². The Kier molecular flexibility index (Phi) is 6.24. The van der Waals surface area contributed by atoms with Gasteiger partial charge in [0.15, 0.2) is 0 Å². The number of carbonyl (C=O) groups excluding carboxylic acids is 2. The minimum Gasteiger partial charge on any atom is -0.462 e. The molecule has 32 heavy (non-hydrogen) atoms. The van der Waals surface area contributed by atoms with Crippen molar-refractivity contribution >= 4 is 58.5 Å². The molecule has 8 heteroatoms. The quantitative estimate of drug-likeness (QED) is 0.517. The van der Waals surface area contributed by atoms with Crippen LogP contribution in [0.25, 0.3) is 5.57 Å². The highest BCUT2D eigenvalue weighted by molar-refractivity contribution is 8.25. The molecule has 0 bridgehead atoms. The van der Waals surface area contributed by atoms with Crippen molar-refractivity contribution in [2.45, 2.75) is 51.2 Å². The van der Waals surface area contributed by atoms with Crippen LogP contribution in [0, 0.1) is 13.8 Å². The van der Waals surface area contributed by atoms with E-state index in [2.05, 4.69) is 45.1 Å². The Labute approximate surface area is 201 Å². The molecule has 170 valence electrons. The molecule has 1 N–H and O–H groups in total. The summed E-state index contributed by atoms with van der Waals surface area (Å²) in [5.41, 5.74) is 5.31. The Morgan fingerprint density at radius 1 is 1.00 bits per heavy atom. The first-order chi connectivity index (χ1) is 15.1. The van der Waals surface area contributed by atoms with Crippen LogP contribution < -0.4 is 5.32 Å². The fourth-order valence-corrected chi connectivity index (χ4v) is 8.34. The Hall–Kier alpha value is -1.77. The molecule has 0 aliphatic carbocycles. The molecule has 3 aliphatic heterocycles. The van der Waals surface area contributed by atoms with E-state index >= 15 is 0 Å². The van der Waals surface area contributed by atoms with Crippen molar-refractivity contribution in [1.29, 1.82) is 0 Å². The van der Waals surface area contributed by atoms with E-state index in [1.165, 1.54) is 34.7 Å². The van der Waals surface area contributed by atoms with Crippen molar-refractivity contribution in [2.24, 2.45) is 0 Å². The van der Waals surface area contributed by atoms with Gasteiger partial charge in [-0.05, 0) is 76.3 Å². The normalized spacial score (nSPS) is 23.1. The van der Waals surface area contributed by atoms with E-state index in [0.29, 0.717) is 23.0 Å². The molecular weight excluding hydrogens is 462 g/mol. The predicted octanol–water partition coefficient (Wildman–Crippen LogP) is 5.99. The van der Waals surface area contributed by atoms with Crippen molar-refractivity contribution in [1.82, 2.24) is 0 Å². The lowest BCUT2D eigenvalue weighted by molar-refractivity contribution is -0.138. The molecule has 3 aliphatic rings. The van der Waals surface area contributed by atoms with E-state index in [9.17, 15) is 9.59 Å². The summed E-state index contributed by atoms with van der Waals surface area (Å²) in [7, 11) is 0. The lowest BCUT2D eigenvalue weighted by atomic mass is 9.86. The minimum atomic E-state index is -0.652. The summed E-state index contributed by atoms with van der Waals surface area (Å²) in [6.45, 7) is 12.7. The van der Waals surface area contributed by atoms with Crippen molar-refractivity contribution < 1.29 is 19.1 Å². The molecule has 0 saturated heterocycles. The molecule has 1 aromatic rings. The first-order valence-electron chi connectivity index (χ1n) is 10.6. The molecule has 1 aromatic carbocycles. The highest BCUT2D eigenvalue weighted by Gasteiger charge is 2.51. The van der Waals surface area contributed by atoms with Gasteiger partial charge >= 0.3 is 11.9 Å². The van der Waals surface area contributed by atoms with Gasteiger partial charge in [-0.1, -0.05) is 23.5 Å². The second-order valence-corrected chi connectivity index (χ2v) is 12.1. The highest BCUT2D eigenvalue weighted by Crippen LogP contribution is 2.65. The fourth-order valence-electron chi connectivity index (χ4n) is 3.98. The number of ether oxygens (including phenoxy) is 2. The topological polar surface area (TPSA) is 64.6 Å². The van der Waals surface area contributed by atoms with Gasteiger partial charge in [-0.25, -0.2) is 9.59 Å². The van der Waals surface area contributed by atoms with Crippen LogP contribution in [0.5, 0.6) is 0 Å². The minimum absolute atomic E-state index is 0.311. The number of anilines is 1. The smallest absolute Gasteiger partial charge is 0.345 e. The molecular formula is C24H27NO4S3. The summed E-state index contributed by atoms with van der Waals surface area (Å²) in [6, 6.07) is 4.39. The van der Waals surface area contributed by atoms with Gasteiger partial charge in [0.25, 0.3) is 0 Å². The SMILES string of the molecule is CCOC(=O)C1=C[C@]2(SC=C(C(=O)OCC)S2)C2=C(S1)C(C)(C)Nc1cc(C)c(C)cc12. The lowest BCUT2D eigenvalue weighted by Crippen LogP contribution is -2.41. The van der Waals surface area contributed by atoms with Gasteiger partial charge in [-0.15, -0.1) is 11.8 Å². The molecule has 1 spiro atoms. The van der Waals surface area contributed by atoms with Gasteiger partial charge in [-0.3, -0.25) is 0 Å². The van der Waals surface area contributed by atoms with E-state index in [1.54, 1.807) is 25.6 Å². The van der Waals surface area contributed by atoms with Crippen molar-refractivity contribution in [3.05, 3.63) is 55.0 Å². The third-order valence-electron chi connectivity index (χ3n) is 5.58. The maximum Gasteiger partial charge on any atom is 0.345 e. The molecule has 0 unspecified atom stereocenters. The number of thioether (sulfide) groups is 3. The second-order valence-electron chi connectivity index (χ2n) is 8.36. The first kappa shape index (κ1) is 23.4. The van der Waals surface area contributed by atoms with Gasteiger partial charge in [0.05, 0.1) is 23.7 Å². The summed E-state index contributed by atoms with van der Waals surface area (Å²) in [6.07, 6.45) is 1.97. The van der Waals surface area contributed by atoms with Crippen LogP contribution >= 0.6 is 35.3 Å². The van der Waals surface area contributed by atoms with Gasteiger partial charge in [0.2, 0.25) is 0 Å². The summed E-state index contributed by atoms with van der Waals surface area (Å²) in [4.78, 5) is 27.5. The summed E-state index contributed by atoms with van der Waals surface area (Å²) < 4.78 is 9.97. The van der Waals surface area contributed by atoms with Crippen LogP contribution in [0.1, 0.15) is 44.4 Å². The molecule has 0 aromatic heterocycles. The number of rotatable bonds is 4. The van der Waals surface area contributed by atoms with Crippen LogP contribution in [0.2, 0.25) is 0 Å². The summed E-state index contributed by atoms with van der Waals surface area (Å²) in [5.74, 6) is -0.669. The first-order valence-corrected chi connectivity index (χ1v) is 13.1. The lowest BCUT2D eigenvalue weighted by Gasteiger charge is -2.45. The number of aryl methyl sites for hydroxylation is 2. The molecule has 4 rings (SSSR count).